The Labute approximate surface area is 166 Å². The van der Waals surface area contributed by atoms with Crippen LogP contribution >= 0.6 is 0 Å². The second-order valence-electron chi connectivity index (χ2n) is 7.94. The number of pyridine rings is 1. The maximum atomic E-state index is 12.8. The number of carbonyl (C=O) groups is 1. The van der Waals surface area contributed by atoms with Gasteiger partial charge in [0.15, 0.2) is 0 Å². The molecule has 0 radical (unpaired) electrons. The molecule has 0 saturated carbocycles. The number of hydrogen-bond donors (Lipinski definition) is 3. The molecule has 0 unspecified atom stereocenters. The first-order chi connectivity index (χ1) is 13.4. The molecule has 3 heterocycles. The summed E-state index contributed by atoms with van der Waals surface area (Å²) in [5, 5.41) is 7.68. The number of rotatable bonds is 4. The average Bonchev–Trinajstić information content (AvgIpc) is 2.97. The lowest BCUT2D eigenvalue weighted by molar-refractivity contribution is -0.120. The molecule has 1 aliphatic rings. The summed E-state index contributed by atoms with van der Waals surface area (Å²) in [7, 11) is 0. The predicted octanol–water partition coefficient (Wildman–Crippen LogP) is 3.30. The van der Waals surface area contributed by atoms with Crippen molar-refractivity contribution >= 4 is 16.8 Å². The van der Waals surface area contributed by atoms with Crippen LogP contribution in [-0.2, 0) is 30.7 Å². The molecule has 5 nitrogen and oxygen atoms in total. The van der Waals surface area contributed by atoms with Crippen molar-refractivity contribution in [3.05, 3.63) is 63.1 Å². The molecule has 0 saturated heterocycles. The number of nitrogens with one attached hydrogen (secondary N) is 3. The van der Waals surface area contributed by atoms with E-state index in [1.165, 1.54) is 27.8 Å². The van der Waals surface area contributed by atoms with E-state index in [1.807, 2.05) is 20.0 Å². The standard InChI is InChI=1S/C23H28N4O/c1-13-7-14(2)23-20(8-13)19(16(4)27-23)9-22(28)26-12-21-15(3)25-11-17-10-24-6-5-18(17)21/h7-8,11,24,27H,5-6,9-10,12H2,1-4H3,(H,26,28). The number of H-pyrrole nitrogens is 1. The summed E-state index contributed by atoms with van der Waals surface area (Å²) in [6, 6.07) is 4.34. The molecule has 0 aliphatic carbocycles. The number of amides is 1. The van der Waals surface area contributed by atoms with Crippen molar-refractivity contribution in [3.8, 4) is 0 Å². The maximum absolute atomic E-state index is 12.8. The van der Waals surface area contributed by atoms with Crippen LogP contribution in [0.15, 0.2) is 18.3 Å². The first-order valence-electron chi connectivity index (χ1n) is 9.96. The molecule has 1 amide bonds. The van der Waals surface area contributed by atoms with E-state index in [4.69, 9.17) is 0 Å². The molecule has 4 rings (SSSR count). The van der Waals surface area contributed by atoms with Gasteiger partial charge in [-0.3, -0.25) is 9.78 Å². The first-order valence-corrected chi connectivity index (χ1v) is 9.96. The summed E-state index contributed by atoms with van der Waals surface area (Å²) in [6.07, 6.45) is 3.34. The fourth-order valence-corrected chi connectivity index (χ4v) is 4.35. The number of carbonyl (C=O) groups excluding carboxylic acids is 1. The van der Waals surface area contributed by atoms with Gasteiger partial charge in [-0.15, -0.1) is 0 Å². The van der Waals surface area contributed by atoms with Gasteiger partial charge in [0.05, 0.1) is 6.42 Å². The Balaban J connectivity index is 1.54. The number of aromatic amines is 1. The van der Waals surface area contributed by atoms with Crippen LogP contribution in [0.4, 0.5) is 0 Å². The van der Waals surface area contributed by atoms with Crippen LogP contribution in [-0.4, -0.2) is 22.4 Å². The summed E-state index contributed by atoms with van der Waals surface area (Å²) < 4.78 is 0. The van der Waals surface area contributed by atoms with Gasteiger partial charge in [-0.05, 0) is 74.5 Å². The number of hydrogen-bond acceptors (Lipinski definition) is 3. The molecule has 146 valence electrons. The summed E-state index contributed by atoms with van der Waals surface area (Å²) in [5.74, 6) is 0.0501. The predicted molar refractivity (Wildman–Crippen MR) is 112 cm³/mol. The number of fused-ring (bicyclic) bond motifs is 2. The van der Waals surface area contributed by atoms with E-state index in [9.17, 15) is 4.79 Å². The molecule has 0 bridgehead atoms. The maximum Gasteiger partial charge on any atom is 0.224 e. The van der Waals surface area contributed by atoms with Crippen LogP contribution in [0.3, 0.4) is 0 Å². The smallest absolute Gasteiger partial charge is 0.224 e. The monoisotopic (exact) mass is 376 g/mol. The van der Waals surface area contributed by atoms with Crippen LogP contribution in [0.1, 0.15) is 44.8 Å². The molecular formula is C23H28N4O. The quantitative estimate of drug-likeness (QED) is 0.654. The fourth-order valence-electron chi connectivity index (χ4n) is 4.35. The van der Waals surface area contributed by atoms with Crippen LogP contribution in [0.5, 0.6) is 0 Å². The summed E-state index contributed by atoms with van der Waals surface area (Å²) in [4.78, 5) is 20.8. The highest BCUT2D eigenvalue weighted by molar-refractivity contribution is 5.92. The number of aryl methyl sites for hydroxylation is 4. The third kappa shape index (κ3) is 3.42. The number of benzene rings is 1. The lowest BCUT2D eigenvalue weighted by atomic mass is 9.96. The van der Waals surface area contributed by atoms with Gasteiger partial charge in [-0.25, -0.2) is 0 Å². The Kier molecular flexibility index (Phi) is 4.94. The fraction of sp³-hybridized carbons (Fsp3) is 0.391. The molecule has 2 aromatic heterocycles. The van der Waals surface area contributed by atoms with Gasteiger partial charge in [-0.2, -0.15) is 0 Å². The van der Waals surface area contributed by atoms with Gasteiger partial charge < -0.3 is 15.6 Å². The SMILES string of the molecule is Cc1cc(C)c2[nH]c(C)c(CC(=O)NCc3c(C)ncc4c3CCNC4)c2c1. The topological polar surface area (TPSA) is 69.8 Å². The zero-order valence-corrected chi connectivity index (χ0v) is 17.1. The lowest BCUT2D eigenvalue weighted by Gasteiger charge is -2.21. The van der Waals surface area contributed by atoms with Gasteiger partial charge in [0, 0.05) is 41.6 Å². The Hall–Kier alpha value is -2.66. The highest BCUT2D eigenvalue weighted by Crippen LogP contribution is 2.27. The van der Waals surface area contributed by atoms with Gasteiger partial charge in [0.1, 0.15) is 0 Å². The van der Waals surface area contributed by atoms with Crippen molar-refractivity contribution < 1.29 is 4.79 Å². The van der Waals surface area contributed by atoms with Gasteiger partial charge >= 0.3 is 0 Å². The normalized spacial score (nSPS) is 13.6. The van der Waals surface area contributed by atoms with E-state index < -0.39 is 0 Å². The van der Waals surface area contributed by atoms with E-state index in [0.717, 1.165) is 47.4 Å². The summed E-state index contributed by atoms with van der Waals surface area (Å²) in [5.41, 5.74) is 10.5. The molecule has 0 spiro atoms. The van der Waals surface area contributed by atoms with E-state index in [-0.39, 0.29) is 5.91 Å². The largest absolute Gasteiger partial charge is 0.358 e. The second kappa shape index (κ2) is 7.40. The van der Waals surface area contributed by atoms with Crippen molar-refractivity contribution in [2.75, 3.05) is 6.54 Å². The summed E-state index contributed by atoms with van der Waals surface area (Å²) >= 11 is 0. The molecule has 0 atom stereocenters. The Morgan fingerprint density at radius 2 is 2.00 bits per heavy atom. The van der Waals surface area contributed by atoms with Crippen molar-refractivity contribution in [3.63, 3.8) is 0 Å². The molecule has 3 N–H and O–H groups in total. The van der Waals surface area contributed by atoms with Crippen molar-refractivity contribution in [2.24, 2.45) is 0 Å². The lowest BCUT2D eigenvalue weighted by Crippen LogP contribution is -2.29. The van der Waals surface area contributed by atoms with E-state index >= 15 is 0 Å². The third-order valence-electron chi connectivity index (χ3n) is 5.84. The minimum absolute atomic E-state index is 0.0501. The zero-order valence-electron chi connectivity index (χ0n) is 17.1. The third-order valence-corrected chi connectivity index (χ3v) is 5.84. The van der Waals surface area contributed by atoms with Crippen LogP contribution < -0.4 is 10.6 Å². The van der Waals surface area contributed by atoms with E-state index in [0.29, 0.717) is 13.0 Å². The number of nitrogens with zero attached hydrogens (tertiary/aromatic N) is 1. The van der Waals surface area contributed by atoms with E-state index in [1.54, 1.807) is 0 Å². The Morgan fingerprint density at radius 3 is 2.82 bits per heavy atom. The second-order valence-corrected chi connectivity index (χ2v) is 7.94. The molecule has 1 aromatic carbocycles. The molecular weight excluding hydrogens is 348 g/mol. The van der Waals surface area contributed by atoms with Gasteiger partial charge in [0.25, 0.3) is 0 Å². The highest BCUT2D eigenvalue weighted by atomic mass is 16.1. The summed E-state index contributed by atoms with van der Waals surface area (Å²) in [6.45, 7) is 10.7. The molecule has 3 aromatic rings. The minimum Gasteiger partial charge on any atom is -0.358 e. The molecule has 5 heteroatoms. The zero-order chi connectivity index (χ0) is 19.8. The van der Waals surface area contributed by atoms with Crippen LogP contribution in [0, 0.1) is 27.7 Å². The molecule has 28 heavy (non-hydrogen) atoms. The van der Waals surface area contributed by atoms with Crippen molar-refractivity contribution in [1.82, 2.24) is 20.6 Å². The Morgan fingerprint density at radius 1 is 1.18 bits per heavy atom. The molecule has 1 aliphatic heterocycles. The van der Waals surface area contributed by atoms with E-state index in [2.05, 4.69) is 46.6 Å². The number of aromatic nitrogens is 2. The van der Waals surface area contributed by atoms with Crippen LogP contribution in [0.25, 0.3) is 10.9 Å². The minimum atomic E-state index is 0.0501. The highest BCUT2D eigenvalue weighted by Gasteiger charge is 2.18. The van der Waals surface area contributed by atoms with Crippen molar-refractivity contribution in [1.29, 1.82) is 0 Å². The van der Waals surface area contributed by atoms with Gasteiger partial charge in [0.2, 0.25) is 5.91 Å². The van der Waals surface area contributed by atoms with Crippen molar-refractivity contribution in [2.45, 2.75) is 53.6 Å². The average molecular weight is 377 g/mol. The first kappa shape index (κ1) is 18.7. The van der Waals surface area contributed by atoms with Crippen LogP contribution in [0.2, 0.25) is 0 Å². The molecule has 0 fully saturated rings. The Bertz CT molecular complexity index is 1060. The van der Waals surface area contributed by atoms with Gasteiger partial charge in [-0.1, -0.05) is 11.6 Å².